The molecule has 0 amide bonds. The van der Waals surface area contributed by atoms with E-state index in [0.29, 0.717) is 0 Å². The normalized spacial score (nSPS) is 24.7. The van der Waals surface area contributed by atoms with Crippen LogP contribution in [0.5, 0.6) is 0 Å². The zero-order chi connectivity index (χ0) is 22.1. The third-order valence-corrected chi connectivity index (χ3v) is 19.3. The van der Waals surface area contributed by atoms with Crippen LogP contribution < -0.4 is 0 Å². The van der Waals surface area contributed by atoms with Crippen molar-refractivity contribution >= 4 is 0 Å². The van der Waals surface area contributed by atoms with Gasteiger partial charge in [-0.25, -0.2) is 0 Å². The van der Waals surface area contributed by atoms with Gasteiger partial charge in [0.15, 0.2) is 0 Å². The number of rotatable bonds is 10. The molecule has 164 valence electrons. The summed E-state index contributed by atoms with van der Waals surface area (Å²) < 4.78 is -1.28. The molecule has 0 rings (SSSR count). The molecule has 6 unspecified atom stereocenters. The van der Waals surface area contributed by atoms with E-state index in [9.17, 15) is 30.6 Å². The average molecular weight is 432 g/mol. The molecule has 6 atom stereocenters. The van der Waals surface area contributed by atoms with Gasteiger partial charge in [-0.05, 0) is 0 Å². The van der Waals surface area contributed by atoms with Crippen LogP contribution in [0.4, 0.5) is 0 Å². The summed E-state index contributed by atoms with van der Waals surface area (Å²) >= 11 is -4.26. The van der Waals surface area contributed by atoms with Crippen LogP contribution in [0.1, 0.15) is 69.2 Å². The van der Waals surface area contributed by atoms with E-state index in [4.69, 9.17) is 0 Å². The Labute approximate surface area is 168 Å². The molecular weight excluding hydrogens is 388 g/mol. The van der Waals surface area contributed by atoms with Gasteiger partial charge in [0.2, 0.25) is 0 Å². The molecule has 0 saturated carbocycles. The monoisotopic (exact) mass is 432 g/mol. The third-order valence-electron chi connectivity index (χ3n) is 6.65. The molecule has 0 spiro atoms. The second-order valence-corrected chi connectivity index (χ2v) is 17.0. The van der Waals surface area contributed by atoms with E-state index in [1.807, 2.05) is 27.7 Å². The van der Waals surface area contributed by atoms with Crippen molar-refractivity contribution < 1.29 is 53.7 Å². The van der Waals surface area contributed by atoms with Gasteiger partial charge in [0, 0.05) is 0 Å². The molecule has 8 nitrogen and oxygen atoms in total. The van der Waals surface area contributed by atoms with E-state index in [0.717, 1.165) is 0 Å². The number of aliphatic hydroxyl groups excluding tert-OH is 6. The summed E-state index contributed by atoms with van der Waals surface area (Å²) in [6.07, 6.45) is -7.06. The Bertz CT molecular complexity index is 381. The number of nitrogens with zero attached hydrogens (tertiary/aromatic N) is 2. The van der Waals surface area contributed by atoms with Crippen LogP contribution in [0.2, 0.25) is 8.45 Å². The van der Waals surface area contributed by atoms with Crippen LogP contribution in [-0.4, -0.2) is 73.9 Å². The maximum atomic E-state index is 11.0. The minimum absolute atomic E-state index is 0.192. The van der Waals surface area contributed by atoms with E-state index in [1.165, 1.54) is 41.5 Å². The molecule has 0 aromatic heterocycles. The standard InChI is InChI=1S/2C6H15NO3.2C3H7.Ti/c2*1-4(8)7(5(2)9)6(3)10;2*1-3-2;/h2*4-6,8-10H,1-3H3;2*3H,1-2H3;/q;;;;+2. The van der Waals surface area contributed by atoms with Crippen LogP contribution in [-0.2, 0) is 17.1 Å². The number of hydrogen-bond donors (Lipinski definition) is 6. The van der Waals surface area contributed by atoms with Gasteiger partial charge >= 0.3 is 169 Å². The molecule has 0 radical (unpaired) electrons. The molecule has 0 saturated heterocycles. The Morgan fingerprint density at radius 3 is 0.630 bits per heavy atom. The quantitative estimate of drug-likeness (QED) is 0.229. The fourth-order valence-electron chi connectivity index (χ4n) is 6.42. The van der Waals surface area contributed by atoms with Crippen LogP contribution in [0.3, 0.4) is 0 Å². The van der Waals surface area contributed by atoms with Gasteiger partial charge in [0.1, 0.15) is 0 Å². The van der Waals surface area contributed by atoms with Gasteiger partial charge < -0.3 is 0 Å². The van der Waals surface area contributed by atoms with Crippen molar-refractivity contribution in [2.45, 2.75) is 115 Å². The van der Waals surface area contributed by atoms with Crippen molar-refractivity contribution in [3.8, 4) is 0 Å². The summed E-state index contributed by atoms with van der Waals surface area (Å²) in [7, 11) is 0. The van der Waals surface area contributed by atoms with Crippen molar-refractivity contribution in [3.05, 3.63) is 0 Å². The topological polar surface area (TPSA) is 121 Å². The minimum atomic E-state index is -4.26. The first-order valence-corrected chi connectivity index (χ1v) is 13.1. The van der Waals surface area contributed by atoms with Crippen molar-refractivity contribution in [1.82, 2.24) is 0 Å². The average Bonchev–Trinajstić information content (AvgIpc) is 2.43. The summed E-state index contributed by atoms with van der Waals surface area (Å²) in [5.41, 5.74) is 0. The summed E-state index contributed by atoms with van der Waals surface area (Å²) in [5, 5.41) is 65.9. The molecule has 0 aliphatic carbocycles. The Kier molecular flexibility index (Phi) is 9.61. The molecule has 0 aliphatic rings. The van der Waals surface area contributed by atoms with E-state index >= 15 is 0 Å². The molecule has 0 aliphatic heterocycles. The zero-order valence-electron chi connectivity index (χ0n) is 18.7. The van der Waals surface area contributed by atoms with Gasteiger partial charge in [-0.3, -0.25) is 0 Å². The first-order chi connectivity index (χ1) is 12.0. The maximum absolute atomic E-state index is 11.0. The van der Waals surface area contributed by atoms with E-state index in [2.05, 4.69) is 0 Å². The van der Waals surface area contributed by atoms with Crippen LogP contribution in [0.25, 0.3) is 0 Å². The van der Waals surface area contributed by atoms with Crippen molar-refractivity contribution in [2.75, 3.05) is 0 Å². The Hall–Kier alpha value is 0.394. The summed E-state index contributed by atoms with van der Waals surface area (Å²) in [5.74, 6) is 0. The Balaban J connectivity index is 7.85. The molecule has 0 aromatic rings. The zero-order valence-corrected chi connectivity index (χ0v) is 20.3. The molecule has 0 fully saturated rings. The first kappa shape index (κ1) is 27.4. The van der Waals surface area contributed by atoms with Crippen LogP contribution >= 0.6 is 0 Å². The summed E-state index contributed by atoms with van der Waals surface area (Å²) in [6, 6.07) is 0. The van der Waals surface area contributed by atoms with Gasteiger partial charge in [0.05, 0.1) is 0 Å². The predicted molar refractivity (Wildman–Crippen MR) is 101 cm³/mol. The van der Waals surface area contributed by atoms with Gasteiger partial charge in [-0.2, -0.15) is 0 Å². The van der Waals surface area contributed by atoms with Crippen molar-refractivity contribution in [3.63, 3.8) is 0 Å². The fraction of sp³-hybridized carbons (Fsp3) is 1.00. The number of aliphatic hydroxyl groups is 6. The SMILES string of the molecule is CC(O)[N+](C(C)O)(C(C)O)[Ti]([CH](C)C)([CH](C)C)[N+](C(C)O)(C(C)O)C(C)O. The Morgan fingerprint density at radius 1 is 0.407 bits per heavy atom. The first-order valence-electron chi connectivity index (χ1n) is 9.90. The molecule has 0 aromatic carbocycles. The second kappa shape index (κ2) is 9.47. The van der Waals surface area contributed by atoms with Gasteiger partial charge in [0.25, 0.3) is 0 Å². The van der Waals surface area contributed by atoms with Crippen LogP contribution in [0.15, 0.2) is 0 Å². The molecule has 0 heterocycles. The molecule has 27 heavy (non-hydrogen) atoms. The summed E-state index contributed by atoms with van der Waals surface area (Å²) in [4.78, 5) is 0. The van der Waals surface area contributed by atoms with Crippen molar-refractivity contribution in [2.24, 2.45) is 0 Å². The molecular formula is C18H44N2O6Ti+2. The van der Waals surface area contributed by atoms with Gasteiger partial charge in [-0.15, -0.1) is 0 Å². The number of hydrogen-bond acceptors (Lipinski definition) is 6. The predicted octanol–water partition coefficient (Wildman–Crippen LogP) is 1.29. The van der Waals surface area contributed by atoms with Gasteiger partial charge in [-0.1, -0.05) is 0 Å². The van der Waals surface area contributed by atoms with E-state index < -0.39 is 60.4 Å². The van der Waals surface area contributed by atoms with Crippen LogP contribution in [0, 0.1) is 0 Å². The summed E-state index contributed by atoms with van der Waals surface area (Å²) in [6.45, 7) is 16.8. The van der Waals surface area contributed by atoms with E-state index in [1.54, 1.807) is 0 Å². The number of quaternary nitrogens is 2. The van der Waals surface area contributed by atoms with Crippen molar-refractivity contribution in [1.29, 1.82) is 0 Å². The molecule has 0 bridgehead atoms. The van der Waals surface area contributed by atoms with E-state index in [-0.39, 0.29) is 8.45 Å². The Morgan fingerprint density at radius 2 is 0.556 bits per heavy atom. The fourth-order valence-corrected chi connectivity index (χ4v) is 20.6. The third kappa shape index (κ3) is 3.56. The second-order valence-electron chi connectivity index (χ2n) is 8.55. The molecule has 6 N–H and O–H groups in total. The molecule has 9 heteroatoms.